The van der Waals surface area contributed by atoms with Gasteiger partial charge in [0.2, 0.25) is 11.8 Å². The summed E-state index contributed by atoms with van der Waals surface area (Å²) in [5.41, 5.74) is 2.49. The number of hydrogen-bond acceptors (Lipinski definition) is 3. The van der Waals surface area contributed by atoms with Crippen molar-refractivity contribution in [1.29, 1.82) is 0 Å². The molecule has 204 valence electrons. The smallest absolute Gasteiger partial charge is 0.247 e. The van der Waals surface area contributed by atoms with Crippen molar-refractivity contribution in [2.75, 3.05) is 0 Å². The molecular formula is C31H31Cl3N2O3. The van der Waals surface area contributed by atoms with Gasteiger partial charge < -0.3 is 15.3 Å². The molecule has 0 saturated heterocycles. The Morgan fingerprint density at radius 2 is 1.59 bits per heavy atom. The number of amides is 2. The maximum atomic E-state index is 14.1. The molecular weight excluding hydrogens is 555 g/mol. The van der Waals surface area contributed by atoms with E-state index in [1.165, 1.54) is 0 Å². The van der Waals surface area contributed by atoms with E-state index in [2.05, 4.69) is 5.32 Å². The van der Waals surface area contributed by atoms with Crippen LogP contribution < -0.4 is 5.32 Å². The predicted octanol–water partition coefficient (Wildman–Crippen LogP) is 7.36. The minimum absolute atomic E-state index is 0.0250. The molecule has 3 aromatic carbocycles. The van der Waals surface area contributed by atoms with Gasteiger partial charge in [-0.25, -0.2) is 0 Å². The van der Waals surface area contributed by atoms with Crippen molar-refractivity contribution in [3.8, 4) is 5.75 Å². The number of hydrogen-bond donors (Lipinski definition) is 2. The van der Waals surface area contributed by atoms with Gasteiger partial charge in [-0.3, -0.25) is 9.59 Å². The minimum atomic E-state index is -0.846. The van der Waals surface area contributed by atoms with Gasteiger partial charge in [-0.1, -0.05) is 65.1 Å². The van der Waals surface area contributed by atoms with Crippen LogP contribution in [0, 0.1) is 11.8 Å². The molecule has 2 bridgehead atoms. The molecule has 2 atom stereocenters. The number of nitrogens with one attached hydrogen (secondary N) is 1. The predicted molar refractivity (Wildman–Crippen MR) is 155 cm³/mol. The van der Waals surface area contributed by atoms with Crippen LogP contribution in [0.2, 0.25) is 15.1 Å². The standard InChI is InChI=1S/C31H31Cl3N2O3/c32-24-8-1-20(2-9-24)18-35-31(39)30(22-7-12-26(33)27(34)17-22)36(28-13-5-21-15-23(28)16-21)29(38)14-6-19-3-10-25(37)11-4-19/h1-4,7-12,17,21,23,28,30,37H,5-6,13-16,18H2,(H,35,39). The van der Waals surface area contributed by atoms with Crippen LogP contribution in [-0.2, 0) is 22.6 Å². The lowest BCUT2D eigenvalue weighted by Crippen LogP contribution is -2.55. The second kappa shape index (κ2) is 12.2. The fourth-order valence-electron chi connectivity index (χ4n) is 5.92. The second-order valence-electron chi connectivity index (χ2n) is 10.6. The van der Waals surface area contributed by atoms with Crippen LogP contribution in [0.4, 0.5) is 0 Å². The fourth-order valence-corrected chi connectivity index (χ4v) is 6.35. The van der Waals surface area contributed by atoms with Gasteiger partial charge in [-0.2, -0.15) is 0 Å². The van der Waals surface area contributed by atoms with Crippen molar-refractivity contribution >= 4 is 46.6 Å². The summed E-state index contributed by atoms with van der Waals surface area (Å²) in [5.74, 6) is 0.961. The van der Waals surface area contributed by atoms with Gasteiger partial charge in [0.15, 0.2) is 0 Å². The number of aromatic hydroxyl groups is 1. The third kappa shape index (κ3) is 6.54. The highest BCUT2D eigenvalue weighted by Crippen LogP contribution is 2.49. The van der Waals surface area contributed by atoms with E-state index in [9.17, 15) is 14.7 Å². The maximum absolute atomic E-state index is 14.1. The Morgan fingerprint density at radius 1 is 0.897 bits per heavy atom. The number of aryl methyl sites for hydroxylation is 1. The molecule has 6 rings (SSSR count). The lowest BCUT2D eigenvalue weighted by atomic mass is 9.62. The highest BCUT2D eigenvalue weighted by Gasteiger charge is 2.47. The number of carbonyl (C=O) groups excluding carboxylic acids is 2. The molecule has 5 nitrogen and oxygen atoms in total. The summed E-state index contributed by atoms with van der Waals surface area (Å²) in [5, 5.41) is 14.0. The van der Waals surface area contributed by atoms with Gasteiger partial charge in [0.1, 0.15) is 11.8 Å². The summed E-state index contributed by atoms with van der Waals surface area (Å²) in [6, 6.07) is 18.5. The van der Waals surface area contributed by atoms with E-state index in [0.29, 0.717) is 39.5 Å². The van der Waals surface area contributed by atoms with Crippen molar-refractivity contribution < 1.29 is 14.7 Å². The first kappa shape index (κ1) is 27.8. The topological polar surface area (TPSA) is 69.6 Å². The van der Waals surface area contributed by atoms with Crippen LogP contribution in [-0.4, -0.2) is 27.9 Å². The van der Waals surface area contributed by atoms with Gasteiger partial charge in [0, 0.05) is 24.0 Å². The molecule has 2 amide bonds. The average Bonchev–Trinajstić information content (AvgIpc) is 2.92. The Bertz CT molecular complexity index is 1320. The SMILES string of the molecule is O=C(NCc1ccc(Cl)cc1)C(c1ccc(Cl)c(Cl)c1)N(C(=O)CCc1ccc(O)cc1)C1CCC2CC1C2. The Balaban J connectivity index is 1.45. The van der Waals surface area contributed by atoms with Crippen molar-refractivity contribution in [3.05, 3.63) is 98.5 Å². The van der Waals surface area contributed by atoms with E-state index in [4.69, 9.17) is 34.8 Å². The molecule has 0 spiro atoms. The number of halogens is 3. The van der Waals surface area contributed by atoms with E-state index in [1.807, 2.05) is 29.2 Å². The van der Waals surface area contributed by atoms with Crippen LogP contribution in [0.1, 0.15) is 54.8 Å². The fraction of sp³-hybridized carbons (Fsp3) is 0.355. The molecule has 3 aliphatic carbocycles. The van der Waals surface area contributed by atoms with E-state index in [0.717, 1.165) is 42.7 Å². The van der Waals surface area contributed by atoms with Crippen molar-refractivity contribution in [3.63, 3.8) is 0 Å². The maximum Gasteiger partial charge on any atom is 0.247 e. The molecule has 0 heterocycles. The second-order valence-corrected chi connectivity index (χ2v) is 11.9. The zero-order valence-electron chi connectivity index (χ0n) is 21.5. The van der Waals surface area contributed by atoms with Crippen LogP contribution in [0.25, 0.3) is 0 Å². The Morgan fingerprint density at radius 3 is 2.23 bits per heavy atom. The molecule has 3 aromatic rings. The van der Waals surface area contributed by atoms with Gasteiger partial charge in [-0.05, 0) is 97.0 Å². The number of fused-ring (bicyclic) bond motifs is 2. The number of rotatable bonds is 9. The van der Waals surface area contributed by atoms with Crippen molar-refractivity contribution in [1.82, 2.24) is 10.2 Å². The van der Waals surface area contributed by atoms with Gasteiger partial charge in [-0.15, -0.1) is 0 Å². The van der Waals surface area contributed by atoms with Crippen LogP contribution in [0.15, 0.2) is 66.7 Å². The first-order valence-electron chi connectivity index (χ1n) is 13.3. The summed E-state index contributed by atoms with van der Waals surface area (Å²) in [6.07, 6.45) is 4.88. The summed E-state index contributed by atoms with van der Waals surface area (Å²) in [6.45, 7) is 0.305. The molecule has 3 saturated carbocycles. The van der Waals surface area contributed by atoms with Crippen molar-refractivity contribution in [2.45, 2.75) is 57.2 Å². The minimum Gasteiger partial charge on any atom is -0.508 e. The van der Waals surface area contributed by atoms with Gasteiger partial charge >= 0.3 is 0 Å². The number of nitrogens with zero attached hydrogens (tertiary/aromatic N) is 1. The third-order valence-electron chi connectivity index (χ3n) is 8.06. The molecule has 0 aromatic heterocycles. The average molecular weight is 586 g/mol. The largest absolute Gasteiger partial charge is 0.508 e. The van der Waals surface area contributed by atoms with E-state index in [-0.39, 0.29) is 30.0 Å². The lowest BCUT2D eigenvalue weighted by molar-refractivity contribution is -0.149. The molecule has 0 aliphatic heterocycles. The highest BCUT2D eigenvalue weighted by molar-refractivity contribution is 6.42. The van der Waals surface area contributed by atoms with Crippen LogP contribution in [0.5, 0.6) is 5.75 Å². The molecule has 8 heteroatoms. The molecule has 2 unspecified atom stereocenters. The monoisotopic (exact) mass is 584 g/mol. The van der Waals surface area contributed by atoms with Crippen LogP contribution >= 0.6 is 34.8 Å². The number of benzene rings is 3. The number of phenolic OH excluding ortho intramolecular Hbond substituents is 1. The van der Waals surface area contributed by atoms with E-state index in [1.54, 1.807) is 42.5 Å². The molecule has 2 N–H and O–H groups in total. The number of phenols is 1. The Kier molecular flexibility index (Phi) is 8.70. The molecule has 0 radical (unpaired) electrons. The summed E-state index contributed by atoms with van der Waals surface area (Å²) >= 11 is 18.7. The quantitative estimate of drug-likeness (QED) is 0.276. The van der Waals surface area contributed by atoms with Gasteiger partial charge in [0.05, 0.1) is 10.0 Å². The summed E-state index contributed by atoms with van der Waals surface area (Å²) < 4.78 is 0. The van der Waals surface area contributed by atoms with Crippen molar-refractivity contribution in [2.24, 2.45) is 11.8 Å². The Labute approximate surface area is 244 Å². The zero-order valence-corrected chi connectivity index (χ0v) is 23.7. The number of carbonyl (C=O) groups is 2. The third-order valence-corrected chi connectivity index (χ3v) is 9.05. The highest BCUT2D eigenvalue weighted by atomic mass is 35.5. The van der Waals surface area contributed by atoms with Gasteiger partial charge in [0.25, 0.3) is 0 Å². The molecule has 3 fully saturated rings. The lowest BCUT2D eigenvalue weighted by Gasteiger charge is -2.52. The molecule has 39 heavy (non-hydrogen) atoms. The Hall–Kier alpha value is -2.73. The normalized spacial score (nSPS) is 20.5. The van der Waals surface area contributed by atoms with E-state index >= 15 is 0 Å². The zero-order chi connectivity index (χ0) is 27.5. The summed E-state index contributed by atoms with van der Waals surface area (Å²) in [4.78, 5) is 29.8. The first-order valence-corrected chi connectivity index (χ1v) is 14.5. The van der Waals surface area contributed by atoms with Crippen LogP contribution in [0.3, 0.4) is 0 Å². The summed E-state index contributed by atoms with van der Waals surface area (Å²) in [7, 11) is 0. The van der Waals surface area contributed by atoms with E-state index < -0.39 is 6.04 Å². The molecule has 3 aliphatic rings. The first-order chi connectivity index (χ1) is 18.8.